The minimum absolute atomic E-state index is 0.570. The number of benzene rings is 6. The molecule has 6 aromatic carbocycles. The first-order chi connectivity index (χ1) is 37.8. The van der Waals surface area contributed by atoms with Crippen molar-refractivity contribution in [1.29, 1.82) is 0 Å². The Morgan fingerprint density at radius 2 is 0.701 bits per heavy atom. The molecule has 0 amide bonds. The van der Waals surface area contributed by atoms with E-state index in [0.29, 0.717) is 23.7 Å². The van der Waals surface area contributed by atoms with Crippen LogP contribution in [0.2, 0.25) is 0 Å². The predicted molar refractivity (Wildman–Crippen MR) is 334 cm³/mol. The van der Waals surface area contributed by atoms with Crippen molar-refractivity contribution in [3.05, 3.63) is 214 Å². The molecule has 0 heterocycles. The Labute approximate surface area is 462 Å². The number of rotatable bonds is 20. The van der Waals surface area contributed by atoms with E-state index >= 15 is 0 Å². The summed E-state index contributed by atoms with van der Waals surface area (Å²) in [6.45, 7) is 27.5. The maximum absolute atomic E-state index is 5.56. The maximum atomic E-state index is 5.56. The summed E-state index contributed by atoms with van der Waals surface area (Å²) in [5.74, 6) is 2.49. The molecule has 0 aliphatic heterocycles. The number of hydrogen-bond donors (Lipinski definition) is 0. The fraction of sp³-hybridized carbons (Fsp3) is 0.352. The van der Waals surface area contributed by atoms with Gasteiger partial charge in [0.25, 0.3) is 0 Å². The van der Waals surface area contributed by atoms with Gasteiger partial charge < -0.3 is 19.6 Å². The minimum atomic E-state index is 0.570. The minimum Gasteiger partial charge on any atom is -0.372 e. The van der Waals surface area contributed by atoms with Crippen LogP contribution >= 0.6 is 0 Å². The third-order valence-electron chi connectivity index (χ3n) is 17.7. The highest BCUT2D eigenvalue weighted by Crippen LogP contribution is 2.53. The third kappa shape index (κ3) is 10.9. The number of fused-ring (bicyclic) bond motifs is 4. The van der Waals surface area contributed by atoms with Gasteiger partial charge in [-0.2, -0.15) is 0 Å². The molecule has 0 radical (unpaired) electrons. The van der Waals surface area contributed by atoms with Gasteiger partial charge in [0.1, 0.15) is 0 Å². The average Bonchev–Trinajstić information content (AvgIpc) is 4.04. The van der Waals surface area contributed by atoms with Crippen LogP contribution in [0.15, 0.2) is 180 Å². The molecule has 6 aromatic rings. The molecule has 0 N–H and O–H groups in total. The molecule has 4 aliphatic rings. The van der Waals surface area contributed by atoms with Crippen molar-refractivity contribution in [2.45, 2.75) is 74.7 Å². The van der Waals surface area contributed by atoms with E-state index < -0.39 is 0 Å². The second-order valence-corrected chi connectivity index (χ2v) is 21.3. The zero-order valence-electron chi connectivity index (χ0n) is 47.4. The molecule has 4 atom stereocenters. The summed E-state index contributed by atoms with van der Waals surface area (Å²) in [6.07, 6.45) is 13.1. The quantitative estimate of drug-likeness (QED) is 0.0764. The summed E-state index contributed by atoms with van der Waals surface area (Å²) >= 11 is 0. The predicted octanol–water partition coefficient (Wildman–Crippen LogP) is 16.1. The average molecular weight is 1020 g/mol. The topological polar surface area (TPSA) is 37.7 Å². The first-order valence-electron chi connectivity index (χ1n) is 29.4. The summed E-state index contributed by atoms with van der Waals surface area (Å²) in [4.78, 5) is 20.8. The number of anilines is 4. The summed E-state index contributed by atoms with van der Waals surface area (Å²) in [5.41, 5.74) is 22.1. The molecule has 0 spiro atoms. The zero-order valence-corrected chi connectivity index (χ0v) is 47.4. The Morgan fingerprint density at radius 1 is 0.377 bits per heavy atom. The lowest BCUT2D eigenvalue weighted by atomic mass is 9.83. The number of aliphatic imine (C=N–C) groups is 2. The Morgan fingerprint density at radius 3 is 1.04 bits per heavy atom. The highest BCUT2D eigenvalue weighted by Gasteiger charge is 2.47. The zero-order chi connectivity index (χ0) is 53.4. The van der Waals surface area contributed by atoms with Crippen LogP contribution in [-0.2, 0) is 0 Å². The molecule has 6 nitrogen and oxygen atoms in total. The Hall–Kier alpha value is -7.18. The largest absolute Gasteiger partial charge is 0.372 e. The van der Waals surface area contributed by atoms with Gasteiger partial charge in [-0.25, -0.2) is 0 Å². The second-order valence-electron chi connectivity index (χ2n) is 21.3. The first-order valence-corrected chi connectivity index (χ1v) is 29.4. The standard InChI is InChI=1S/C71H82N6/c1-9-74(10-2)56-34-25-50(26-35-56)70(51-27-36-57(37-28-51)75(11-3)12-4)65-43-45-68(63-23-19-17-21-61(63)65)72-48-55-47-54-33-42-60(55)67(54)49-73-69-46-44-66(62-22-18-20-24-64(62)69)71(52-29-38-58(39-30-52)76(13-5)14-6)53-31-40-59(41-32-53)77(15-7)16-8/h17-32,34-41,43-46,54-55,60,67H,9-16,33,42,47-49H2,1-8H3. The van der Waals surface area contributed by atoms with Gasteiger partial charge in [0.05, 0.1) is 11.4 Å². The van der Waals surface area contributed by atoms with Crippen LogP contribution in [0.4, 0.5) is 22.7 Å². The Bertz CT molecular complexity index is 3040. The number of hydrogen-bond acceptors (Lipinski definition) is 6. The molecular weight excluding hydrogens is 937 g/mol. The van der Waals surface area contributed by atoms with E-state index in [2.05, 4.69) is 245 Å². The van der Waals surface area contributed by atoms with Crippen molar-refractivity contribution in [2.24, 2.45) is 33.7 Å². The van der Waals surface area contributed by atoms with Crippen LogP contribution in [0, 0.1) is 23.7 Å². The molecular formula is C71H82N6. The Kier molecular flexibility index (Phi) is 16.9. The molecule has 0 aromatic heterocycles. The lowest BCUT2D eigenvalue weighted by molar-refractivity contribution is 0.327. The molecule has 77 heavy (non-hydrogen) atoms. The van der Waals surface area contributed by atoms with Gasteiger partial charge in [0.2, 0.25) is 0 Å². The molecule has 2 fully saturated rings. The highest BCUT2D eigenvalue weighted by molar-refractivity contribution is 6.20. The number of allylic oxidation sites excluding steroid dienone is 6. The van der Waals surface area contributed by atoms with Crippen molar-refractivity contribution >= 4 is 56.5 Å². The van der Waals surface area contributed by atoms with Gasteiger partial charge in [-0.3, -0.25) is 9.98 Å². The molecule has 4 aliphatic carbocycles. The van der Waals surface area contributed by atoms with E-state index in [1.807, 2.05) is 0 Å². The van der Waals surface area contributed by atoms with E-state index in [4.69, 9.17) is 9.98 Å². The molecule has 2 bridgehead atoms. The molecule has 396 valence electrons. The van der Waals surface area contributed by atoms with E-state index in [-0.39, 0.29) is 0 Å². The highest BCUT2D eigenvalue weighted by atomic mass is 15.1. The number of nitrogens with zero attached hydrogens (tertiary/aromatic N) is 6. The molecule has 6 heteroatoms. The van der Waals surface area contributed by atoms with Crippen LogP contribution in [0.1, 0.15) is 119 Å². The van der Waals surface area contributed by atoms with Crippen LogP contribution in [0.5, 0.6) is 0 Å². The summed E-state index contributed by atoms with van der Waals surface area (Å²) in [7, 11) is 0. The summed E-state index contributed by atoms with van der Waals surface area (Å²) in [5, 5.41) is 0. The molecule has 0 saturated heterocycles. The smallest absolute Gasteiger partial charge is 0.0653 e. The molecule has 4 unspecified atom stereocenters. The second kappa shape index (κ2) is 24.4. The van der Waals surface area contributed by atoms with Gasteiger partial charge in [-0.05, 0) is 215 Å². The van der Waals surface area contributed by atoms with Gasteiger partial charge in [-0.1, -0.05) is 109 Å². The van der Waals surface area contributed by atoms with Crippen molar-refractivity contribution in [3.63, 3.8) is 0 Å². The third-order valence-corrected chi connectivity index (χ3v) is 17.7. The van der Waals surface area contributed by atoms with E-state index in [1.165, 1.54) is 109 Å². The van der Waals surface area contributed by atoms with Gasteiger partial charge in [0.15, 0.2) is 0 Å². The summed E-state index contributed by atoms with van der Waals surface area (Å²) < 4.78 is 0. The van der Waals surface area contributed by atoms with Gasteiger partial charge in [0, 0.05) is 99.3 Å². The van der Waals surface area contributed by atoms with E-state index in [1.54, 1.807) is 0 Å². The first kappa shape index (κ1) is 53.2. The van der Waals surface area contributed by atoms with Crippen LogP contribution in [0.3, 0.4) is 0 Å². The van der Waals surface area contributed by atoms with Crippen molar-refractivity contribution in [3.8, 4) is 0 Å². The fourth-order valence-electron chi connectivity index (χ4n) is 13.5. The molecule has 10 rings (SSSR count). The van der Waals surface area contributed by atoms with E-state index in [0.717, 1.165) is 76.9 Å². The lowest BCUT2D eigenvalue weighted by Crippen LogP contribution is -2.21. The van der Waals surface area contributed by atoms with Gasteiger partial charge in [-0.15, -0.1) is 0 Å². The summed E-state index contributed by atoms with van der Waals surface area (Å²) in [6, 6.07) is 54.9. The fourth-order valence-corrected chi connectivity index (χ4v) is 13.5. The molecule has 2 saturated carbocycles. The van der Waals surface area contributed by atoms with Crippen LogP contribution < -0.4 is 19.6 Å². The van der Waals surface area contributed by atoms with Crippen molar-refractivity contribution < 1.29 is 0 Å². The SMILES string of the molecule is CCN(CC)c1ccc(C(=C2C=CC(=NCC3CC4CCC3C4CN=C3C=CC(=C(c4ccc(N(CC)CC)cc4)c4ccc(N(CC)CC)cc4)c4ccccc43)c3ccccc32)c2ccc(N(CC)CC)cc2)cc1. The monoisotopic (exact) mass is 1020 g/mol. The lowest BCUT2D eigenvalue weighted by Gasteiger charge is -2.25. The van der Waals surface area contributed by atoms with E-state index in [9.17, 15) is 0 Å². The normalized spacial score (nSPS) is 19.2. The van der Waals surface area contributed by atoms with Crippen molar-refractivity contribution in [2.75, 3.05) is 85.0 Å². The maximum Gasteiger partial charge on any atom is 0.0653 e. The van der Waals surface area contributed by atoms with Crippen LogP contribution in [0.25, 0.3) is 22.3 Å². The van der Waals surface area contributed by atoms with Gasteiger partial charge >= 0.3 is 0 Å². The van der Waals surface area contributed by atoms with Crippen molar-refractivity contribution in [1.82, 2.24) is 0 Å². The Balaban J connectivity index is 0.921. The van der Waals surface area contributed by atoms with Crippen LogP contribution in [-0.4, -0.2) is 76.9 Å².